The molecule has 0 bridgehead atoms. The Balaban J connectivity index is 1.61. The van der Waals surface area contributed by atoms with E-state index in [1.165, 1.54) is 15.6 Å². The molecule has 0 saturated carbocycles. The highest BCUT2D eigenvalue weighted by Gasteiger charge is 2.39. The average Bonchev–Trinajstić information content (AvgIpc) is 3.29. The summed E-state index contributed by atoms with van der Waals surface area (Å²) >= 11 is 1.18. The van der Waals surface area contributed by atoms with Crippen LogP contribution >= 0.6 is 11.3 Å². The molecule has 130 valence electrons. The topological polar surface area (TPSA) is 84.3 Å². The van der Waals surface area contributed by atoms with Crippen LogP contribution in [0.15, 0.2) is 34.0 Å². The van der Waals surface area contributed by atoms with Gasteiger partial charge < -0.3 is 5.32 Å². The summed E-state index contributed by atoms with van der Waals surface area (Å²) in [5, 5.41) is 8.82. The fourth-order valence-corrected chi connectivity index (χ4v) is 5.62. The van der Waals surface area contributed by atoms with Gasteiger partial charge in [-0.25, -0.2) is 8.42 Å². The summed E-state index contributed by atoms with van der Waals surface area (Å²) in [6.07, 6.45) is 3.73. The first-order valence-electron chi connectivity index (χ1n) is 7.80. The maximum atomic E-state index is 12.7. The van der Waals surface area contributed by atoms with Crippen LogP contribution in [0.1, 0.15) is 18.5 Å². The SMILES string of the molecule is Cn1ccc(CCNC(=O)[C@H]2CCCN2S(=O)(=O)c2cccs2)n1. The first-order chi connectivity index (χ1) is 11.5. The van der Waals surface area contributed by atoms with Crippen molar-refractivity contribution in [3.8, 4) is 0 Å². The maximum absolute atomic E-state index is 12.7. The first kappa shape index (κ1) is 17.1. The van der Waals surface area contributed by atoms with Gasteiger partial charge in [-0.1, -0.05) is 6.07 Å². The molecule has 1 atom stereocenters. The number of aromatic nitrogens is 2. The third kappa shape index (κ3) is 3.52. The van der Waals surface area contributed by atoms with E-state index in [4.69, 9.17) is 0 Å². The predicted molar refractivity (Wildman–Crippen MR) is 91.2 cm³/mol. The molecule has 9 heteroatoms. The summed E-state index contributed by atoms with van der Waals surface area (Å²) in [5.41, 5.74) is 0.896. The lowest BCUT2D eigenvalue weighted by atomic mass is 10.2. The molecule has 2 aromatic rings. The second-order valence-electron chi connectivity index (χ2n) is 5.73. The number of hydrogen-bond donors (Lipinski definition) is 1. The van der Waals surface area contributed by atoms with Crippen LogP contribution in [0, 0.1) is 0 Å². The second kappa shape index (κ2) is 7.04. The highest BCUT2D eigenvalue weighted by atomic mass is 32.2. The summed E-state index contributed by atoms with van der Waals surface area (Å²) in [5.74, 6) is -0.233. The molecule has 1 N–H and O–H groups in total. The van der Waals surface area contributed by atoms with Crippen molar-refractivity contribution in [2.45, 2.75) is 29.5 Å². The number of aryl methyl sites for hydroxylation is 1. The standard InChI is InChI=1S/C15H20N4O3S2/c1-18-10-7-12(17-18)6-8-16-15(20)13-4-2-9-19(13)24(21,22)14-5-3-11-23-14/h3,5,7,10-11,13H,2,4,6,8-9H2,1H3,(H,16,20)/t13-/m1/s1. The number of nitrogens with zero attached hydrogens (tertiary/aromatic N) is 3. The van der Waals surface area contributed by atoms with E-state index < -0.39 is 16.1 Å². The molecule has 1 saturated heterocycles. The van der Waals surface area contributed by atoms with Gasteiger partial charge in [-0.2, -0.15) is 9.40 Å². The first-order valence-corrected chi connectivity index (χ1v) is 10.1. The lowest BCUT2D eigenvalue weighted by Gasteiger charge is -2.22. The molecule has 0 spiro atoms. The van der Waals surface area contributed by atoms with Crippen LogP contribution in [0.25, 0.3) is 0 Å². The molecule has 1 aliphatic heterocycles. The van der Waals surface area contributed by atoms with Crippen LogP contribution in [0.3, 0.4) is 0 Å². The number of carbonyl (C=O) groups is 1. The zero-order chi connectivity index (χ0) is 17.2. The normalized spacial score (nSPS) is 18.8. The summed E-state index contributed by atoms with van der Waals surface area (Å²) in [6.45, 7) is 0.831. The Bertz CT molecular complexity index is 799. The Kier molecular flexibility index (Phi) is 5.02. The van der Waals surface area contributed by atoms with Gasteiger partial charge in [0.15, 0.2) is 0 Å². The van der Waals surface area contributed by atoms with Crippen molar-refractivity contribution < 1.29 is 13.2 Å². The molecule has 2 aromatic heterocycles. The molecule has 0 aromatic carbocycles. The van der Waals surface area contributed by atoms with E-state index in [-0.39, 0.29) is 10.1 Å². The van der Waals surface area contributed by atoms with Crippen molar-refractivity contribution in [2.24, 2.45) is 7.05 Å². The van der Waals surface area contributed by atoms with Crippen LogP contribution < -0.4 is 5.32 Å². The molecule has 0 aliphatic carbocycles. The number of carbonyl (C=O) groups excluding carboxylic acids is 1. The fourth-order valence-electron chi connectivity index (χ4n) is 2.84. The minimum absolute atomic E-state index is 0.233. The van der Waals surface area contributed by atoms with E-state index in [0.29, 0.717) is 32.4 Å². The van der Waals surface area contributed by atoms with Crippen LogP contribution in [0.5, 0.6) is 0 Å². The average molecular weight is 368 g/mol. The number of nitrogens with one attached hydrogen (secondary N) is 1. The largest absolute Gasteiger partial charge is 0.354 e. The lowest BCUT2D eigenvalue weighted by molar-refractivity contribution is -0.124. The predicted octanol–water partition coefficient (Wildman–Crippen LogP) is 0.994. The fraction of sp³-hybridized carbons (Fsp3) is 0.467. The van der Waals surface area contributed by atoms with Gasteiger partial charge in [-0.3, -0.25) is 9.48 Å². The molecule has 24 heavy (non-hydrogen) atoms. The molecule has 7 nitrogen and oxygen atoms in total. The van der Waals surface area contributed by atoms with Gasteiger partial charge >= 0.3 is 0 Å². The Morgan fingerprint density at radius 3 is 2.96 bits per heavy atom. The van der Waals surface area contributed by atoms with E-state index in [0.717, 1.165) is 5.69 Å². The molecule has 1 fully saturated rings. The molecular formula is C15H20N4O3S2. The molecule has 0 radical (unpaired) electrons. The molecule has 3 heterocycles. The van der Waals surface area contributed by atoms with E-state index >= 15 is 0 Å². The summed E-state index contributed by atoms with van der Waals surface area (Å²) < 4.78 is 28.6. The zero-order valence-electron chi connectivity index (χ0n) is 13.4. The Morgan fingerprint density at radius 1 is 1.46 bits per heavy atom. The Morgan fingerprint density at radius 2 is 2.29 bits per heavy atom. The lowest BCUT2D eigenvalue weighted by Crippen LogP contribution is -2.46. The quantitative estimate of drug-likeness (QED) is 0.824. The van der Waals surface area contributed by atoms with Crippen molar-refractivity contribution in [3.05, 3.63) is 35.5 Å². The van der Waals surface area contributed by atoms with Crippen molar-refractivity contribution in [1.82, 2.24) is 19.4 Å². The van der Waals surface area contributed by atoms with Crippen molar-refractivity contribution in [3.63, 3.8) is 0 Å². The van der Waals surface area contributed by atoms with Gasteiger partial charge in [-0.15, -0.1) is 11.3 Å². The zero-order valence-corrected chi connectivity index (χ0v) is 15.0. The van der Waals surface area contributed by atoms with Gasteiger partial charge in [0.25, 0.3) is 10.0 Å². The number of sulfonamides is 1. The van der Waals surface area contributed by atoms with Gasteiger partial charge in [0, 0.05) is 32.8 Å². The minimum Gasteiger partial charge on any atom is -0.354 e. The Labute approximate surface area is 145 Å². The number of thiophene rings is 1. The van der Waals surface area contributed by atoms with E-state index in [1.807, 2.05) is 19.3 Å². The van der Waals surface area contributed by atoms with Crippen molar-refractivity contribution >= 4 is 27.3 Å². The highest BCUT2D eigenvalue weighted by molar-refractivity contribution is 7.91. The van der Waals surface area contributed by atoms with E-state index in [2.05, 4.69) is 10.4 Å². The number of hydrogen-bond acceptors (Lipinski definition) is 5. The Hall–Kier alpha value is -1.71. The van der Waals surface area contributed by atoms with Gasteiger partial charge in [0.1, 0.15) is 10.3 Å². The smallest absolute Gasteiger partial charge is 0.253 e. The van der Waals surface area contributed by atoms with Crippen LogP contribution in [-0.2, 0) is 28.3 Å². The van der Waals surface area contributed by atoms with E-state index in [9.17, 15) is 13.2 Å². The molecule has 1 amide bonds. The van der Waals surface area contributed by atoms with Crippen LogP contribution in [0.2, 0.25) is 0 Å². The minimum atomic E-state index is -3.59. The van der Waals surface area contributed by atoms with E-state index in [1.54, 1.807) is 22.2 Å². The number of amides is 1. The third-order valence-electron chi connectivity index (χ3n) is 4.01. The third-order valence-corrected chi connectivity index (χ3v) is 7.29. The van der Waals surface area contributed by atoms with Crippen LogP contribution in [0.4, 0.5) is 0 Å². The summed E-state index contributed by atoms with van der Waals surface area (Å²) in [6, 6.07) is 4.56. The number of rotatable bonds is 6. The van der Waals surface area contributed by atoms with Gasteiger partial charge in [-0.05, 0) is 30.4 Å². The van der Waals surface area contributed by atoms with Gasteiger partial charge in [0.2, 0.25) is 5.91 Å². The highest BCUT2D eigenvalue weighted by Crippen LogP contribution is 2.28. The monoisotopic (exact) mass is 368 g/mol. The molecule has 1 aliphatic rings. The van der Waals surface area contributed by atoms with Crippen molar-refractivity contribution in [1.29, 1.82) is 0 Å². The summed E-state index contributed by atoms with van der Waals surface area (Å²) in [7, 11) is -1.75. The van der Waals surface area contributed by atoms with Gasteiger partial charge in [0.05, 0.1) is 5.69 Å². The maximum Gasteiger partial charge on any atom is 0.253 e. The second-order valence-corrected chi connectivity index (χ2v) is 8.79. The molecule has 0 unspecified atom stereocenters. The molecular weight excluding hydrogens is 348 g/mol. The summed E-state index contributed by atoms with van der Waals surface area (Å²) in [4.78, 5) is 12.4. The van der Waals surface area contributed by atoms with Crippen LogP contribution in [-0.4, -0.2) is 47.5 Å². The van der Waals surface area contributed by atoms with Crippen molar-refractivity contribution in [2.75, 3.05) is 13.1 Å². The molecule has 3 rings (SSSR count).